The summed E-state index contributed by atoms with van der Waals surface area (Å²) in [5.74, 6) is 4.20. The van der Waals surface area contributed by atoms with Crippen molar-refractivity contribution in [2.24, 2.45) is 0 Å². The van der Waals surface area contributed by atoms with E-state index < -0.39 is 11.6 Å². The maximum absolute atomic E-state index is 14.0. The molecule has 5 rings (SSSR count). The molecule has 0 bridgehead atoms. The molecule has 2 atom stereocenters. The molecule has 0 saturated carbocycles. The molecule has 3 heterocycles. The number of anilines is 1. The van der Waals surface area contributed by atoms with Crippen molar-refractivity contribution < 1.29 is 18.3 Å². The molecule has 4 aromatic rings. The minimum Gasteiger partial charge on any atom is -0.454 e. The van der Waals surface area contributed by atoms with Crippen LogP contribution in [0.15, 0.2) is 48.8 Å². The van der Waals surface area contributed by atoms with Gasteiger partial charge in [-0.15, -0.1) is 0 Å². The number of hydrogen-bond acceptors (Lipinski definition) is 6. The van der Waals surface area contributed by atoms with Crippen LogP contribution >= 0.6 is 0 Å². The first-order valence-electron chi connectivity index (χ1n) is 11.8. The van der Waals surface area contributed by atoms with Crippen molar-refractivity contribution in [1.29, 1.82) is 0 Å². The highest BCUT2D eigenvalue weighted by Gasteiger charge is 2.32. The molecule has 0 radical (unpaired) electrons. The first-order chi connectivity index (χ1) is 17.9. The second-order valence-corrected chi connectivity index (χ2v) is 8.86. The molecule has 1 saturated heterocycles. The van der Waals surface area contributed by atoms with Gasteiger partial charge in [-0.25, -0.2) is 23.4 Å². The molecule has 0 aliphatic carbocycles. The van der Waals surface area contributed by atoms with Crippen molar-refractivity contribution in [3.8, 4) is 34.6 Å². The Morgan fingerprint density at radius 3 is 2.65 bits per heavy atom. The summed E-state index contributed by atoms with van der Waals surface area (Å²) in [7, 11) is 0. The van der Waals surface area contributed by atoms with Crippen molar-refractivity contribution >= 4 is 22.8 Å². The predicted octanol–water partition coefficient (Wildman–Crippen LogP) is 4.72. The van der Waals surface area contributed by atoms with E-state index in [9.17, 15) is 13.6 Å². The summed E-state index contributed by atoms with van der Waals surface area (Å²) < 4.78 is 34.6. The van der Waals surface area contributed by atoms with E-state index in [1.165, 1.54) is 12.4 Å². The zero-order valence-electron chi connectivity index (χ0n) is 20.3. The third-order valence-electron chi connectivity index (χ3n) is 6.46. The molecular formula is C27H24F2N6O2. The SMILES string of the molecule is CC#CC(=O)N1C[C@H](n2nc(-c3ccc(Oc4ccc(F)cc4F)cc3)c3c(N)ncnc32)CC[C@@H]1C. The van der Waals surface area contributed by atoms with Gasteiger partial charge in [0.2, 0.25) is 0 Å². The van der Waals surface area contributed by atoms with E-state index in [2.05, 4.69) is 21.8 Å². The number of carbonyl (C=O) groups is 1. The first-order valence-corrected chi connectivity index (χ1v) is 11.8. The number of nitrogens with two attached hydrogens (primary N) is 1. The lowest BCUT2D eigenvalue weighted by atomic mass is 9.99. The number of likely N-dealkylation sites (tertiary alicyclic amines) is 1. The minimum atomic E-state index is -0.794. The second kappa shape index (κ2) is 9.85. The first kappa shape index (κ1) is 24.2. The van der Waals surface area contributed by atoms with Gasteiger partial charge in [-0.2, -0.15) is 5.10 Å². The van der Waals surface area contributed by atoms with E-state index in [4.69, 9.17) is 15.6 Å². The normalized spacial score (nSPS) is 17.4. The molecule has 1 aliphatic rings. The van der Waals surface area contributed by atoms with Gasteiger partial charge in [0, 0.05) is 24.2 Å². The van der Waals surface area contributed by atoms with Crippen LogP contribution in [0.3, 0.4) is 0 Å². The average molecular weight is 503 g/mol. The number of carbonyl (C=O) groups excluding carboxylic acids is 1. The number of rotatable bonds is 4. The van der Waals surface area contributed by atoms with Crippen LogP contribution < -0.4 is 10.5 Å². The van der Waals surface area contributed by atoms with Gasteiger partial charge in [0.1, 0.15) is 29.4 Å². The van der Waals surface area contributed by atoms with Gasteiger partial charge < -0.3 is 15.4 Å². The summed E-state index contributed by atoms with van der Waals surface area (Å²) in [6.07, 6.45) is 3.00. The highest BCUT2D eigenvalue weighted by atomic mass is 19.1. The predicted molar refractivity (Wildman–Crippen MR) is 134 cm³/mol. The third-order valence-corrected chi connectivity index (χ3v) is 6.46. The summed E-state index contributed by atoms with van der Waals surface area (Å²) in [4.78, 5) is 22.9. The molecule has 1 fully saturated rings. The maximum atomic E-state index is 14.0. The van der Waals surface area contributed by atoms with Crippen LogP contribution in [0.25, 0.3) is 22.3 Å². The zero-order valence-corrected chi connectivity index (χ0v) is 20.3. The maximum Gasteiger partial charge on any atom is 0.298 e. The Labute approximate surface area is 212 Å². The fourth-order valence-corrected chi connectivity index (χ4v) is 4.57. The van der Waals surface area contributed by atoms with Crippen molar-refractivity contribution in [3.63, 3.8) is 0 Å². The van der Waals surface area contributed by atoms with Crippen molar-refractivity contribution in [2.75, 3.05) is 12.3 Å². The van der Waals surface area contributed by atoms with E-state index in [-0.39, 0.29) is 29.6 Å². The van der Waals surface area contributed by atoms with Gasteiger partial charge in [0.05, 0.1) is 11.4 Å². The van der Waals surface area contributed by atoms with Crippen LogP contribution in [-0.4, -0.2) is 43.1 Å². The average Bonchev–Trinajstić information content (AvgIpc) is 3.28. The topological polar surface area (TPSA) is 99.2 Å². The van der Waals surface area contributed by atoms with Gasteiger partial charge in [-0.1, -0.05) is 5.92 Å². The Hall–Kier alpha value is -4.52. The van der Waals surface area contributed by atoms with Crippen molar-refractivity contribution in [1.82, 2.24) is 24.6 Å². The van der Waals surface area contributed by atoms with Crippen LogP contribution in [0.1, 0.15) is 32.7 Å². The van der Waals surface area contributed by atoms with E-state index >= 15 is 0 Å². The lowest BCUT2D eigenvalue weighted by Crippen LogP contribution is -2.45. The molecule has 37 heavy (non-hydrogen) atoms. The molecule has 8 nitrogen and oxygen atoms in total. The number of nitrogens with zero attached hydrogens (tertiary/aromatic N) is 5. The highest BCUT2D eigenvalue weighted by molar-refractivity contribution is 5.98. The van der Waals surface area contributed by atoms with Gasteiger partial charge in [-0.3, -0.25) is 4.79 Å². The third kappa shape index (κ3) is 4.68. The van der Waals surface area contributed by atoms with Gasteiger partial charge in [0.15, 0.2) is 17.2 Å². The van der Waals surface area contributed by atoms with Crippen molar-refractivity contribution in [3.05, 3.63) is 60.4 Å². The molecule has 1 aliphatic heterocycles. The summed E-state index contributed by atoms with van der Waals surface area (Å²) in [5.41, 5.74) is 8.13. The summed E-state index contributed by atoms with van der Waals surface area (Å²) in [5, 5.41) is 5.47. The molecule has 0 unspecified atom stereocenters. The number of nitrogen functional groups attached to an aromatic ring is 1. The summed E-state index contributed by atoms with van der Waals surface area (Å²) in [6.45, 7) is 4.11. The monoisotopic (exact) mass is 502 g/mol. The van der Waals surface area contributed by atoms with Gasteiger partial charge >= 0.3 is 0 Å². The number of aromatic nitrogens is 4. The fourth-order valence-electron chi connectivity index (χ4n) is 4.57. The fraction of sp³-hybridized carbons (Fsp3) is 0.259. The van der Waals surface area contributed by atoms with Crippen molar-refractivity contribution in [2.45, 2.75) is 38.8 Å². The highest BCUT2D eigenvalue weighted by Crippen LogP contribution is 2.35. The number of hydrogen-bond donors (Lipinski definition) is 1. The standard InChI is InChI=1S/C27H24F2N6O2/c1-3-4-23(36)34-14-19(9-5-16(34)2)35-27-24(26(30)31-15-32-27)25(33-35)17-6-10-20(11-7-17)37-22-12-8-18(28)13-21(22)29/h6-8,10-13,15-16,19H,5,9,14H2,1-2H3,(H2,30,31,32)/t16-,19+/m0/s1. The number of halogens is 2. The summed E-state index contributed by atoms with van der Waals surface area (Å²) in [6, 6.07) is 9.94. The second-order valence-electron chi connectivity index (χ2n) is 8.86. The van der Waals surface area contributed by atoms with Crippen LogP contribution in [0.4, 0.5) is 14.6 Å². The molecule has 1 amide bonds. The molecule has 2 N–H and O–H groups in total. The quantitative estimate of drug-likeness (QED) is 0.406. The molecule has 10 heteroatoms. The van der Waals surface area contributed by atoms with E-state index in [1.807, 2.05) is 11.6 Å². The van der Waals surface area contributed by atoms with Gasteiger partial charge in [-0.05, 0) is 69.0 Å². The van der Waals surface area contributed by atoms with Crippen LogP contribution in [0.5, 0.6) is 11.5 Å². The number of fused-ring (bicyclic) bond motifs is 1. The number of amides is 1. The van der Waals surface area contributed by atoms with Crippen LogP contribution in [-0.2, 0) is 4.79 Å². The Bertz CT molecular complexity index is 1540. The molecular weight excluding hydrogens is 478 g/mol. The Kier molecular flexibility index (Phi) is 6.44. The Balaban J connectivity index is 1.49. The number of piperidine rings is 1. The number of ether oxygens (including phenoxy) is 1. The minimum absolute atomic E-state index is 0.0732. The smallest absolute Gasteiger partial charge is 0.298 e. The lowest BCUT2D eigenvalue weighted by Gasteiger charge is -2.37. The van der Waals surface area contributed by atoms with E-state index in [1.54, 1.807) is 36.1 Å². The Morgan fingerprint density at radius 2 is 1.92 bits per heavy atom. The lowest BCUT2D eigenvalue weighted by molar-refractivity contribution is -0.129. The van der Waals surface area contributed by atoms with E-state index in [0.29, 0.717) is 29.0 Å². The number of benzene rings is 2. The van der Waals surface area contributed by atoms with Crippen LogP contribution in [0.2, 0.25) is 0 Å². The van der Waals surface area contributed by atoms with Crippen LogP contribution in [0, 0.1) is 23.5 Å². The summed E-state index contributed by atoms with van der Waals surface area (Å²) >= 11 is 0. The van der Waals surface area contributed by atoms with Gasteiger partial charge in [0.25, 0.3) is 5.91 Å². The zero-order chi connectivity index (χ0) is 26.1. The molecule has 2 aromatic heterocycles. The molecule has 188 valence electrons. The Morgan fingerprint density at radius 1 is 1.14 bits per heavy atom. The largest absolute Gasteiger partial charge is 0.454 e. The van der Waals surface area contributed by atoms with E-state index in [0.717, 1.165) is 30.5 Å². The molecule has 0 spiro atoms. The molecule has 2 aromatic carbocycles.